The van der Waals surface area contributed by atoms with Gasteiger partial charge in [-0.15, -0.1) is 0 Å². The summed E-state index contributed by atoms with van der Waals surface area (Å²) in [6.45, 7) is 0. The number of halogens is 3. The zero-order chi connectivity index (χ0) is 11.7. The summed E-state index contributed by atoms with van der Waals surface area (Å²) in [6, 6.07) is 8.22. The molecule has 1 nitrogen and oxygen atoms in total. The molecule has 2 N–H and O–H groups in total. The predicted octanol–water partition coefficient (Wildman–Crippen LogP) is 3.87. The molecule has 0 aliphatic heterocycles. The number of rotatable bonds is 1. The van der Waals surface area contributed by atoms with E-state index >= 15 is 0 Å². The van der Waals surface area contributed by atoms with Crippen molar-refractivity contribution in [2.45, 2.75) is 0 Å². The van der Waals surface area contributed by atoms with E-state index in [1.807, 2.05) is 0 Å². The van der Waals surface area contributed by atoms with E-state index in [-0.39, 0.29) is 5.69 Å². The second-order valence-corrected chi connectivity index (χ2v) is 3.73. The lowest BCUT2D eigenvalue weighted by Gasteiger charge is -2.08. The first kappa shape index (κ1) is 10.9. The molecule has 2 aromatic rings. The minimum Gasteiger partial charge on any atom is -0.396 e. The number of hydrogen-bond acceptors (Lipinski definition) is 1. The van der Waals surface area contributed by atoms with Crippen LogP contribution in [0.15, 0.2) is 36.4 Å². The Hall–Kier alpha value is -1.61. The molecule has 0 heterocycles. The third-order valence-corrected chi connectivity index (χ3v) is 2.60. The van der Waals surface area contributed by atoms with Crippen molar-refractivity contribution in [3.8, 4) is 11.1 Å². The van der Waals surface area contributed by atoms with Crippen molar-refractivity contribution in [3.63, 3.8) is 0 Å². The lowest BCUT2D eigenvalue weighted by molar-refractivity contribution is 0.627. The highest BCUT2D eigenvalue weighted by Gasteiger charge is 2.10. The molecule has 0 atom stereocenters. The van der Waals surface area contributed by atoms with E-state index in [2.05, 4.69) is 0 Å². The summed E-state index contributed by atoms with van der Waals surface area (Å²) in [6.07, 6.45) is 0. The summed E-state index contributed by atoms with van der Waals surface area (Å²) in [5.41, 5.74) is 6.33. The minimum atomic E-state index is -0.544. The maximum atomic E-state index is 13.2. The van der Waals surface area contributed by atoms with Crippen LogP contribution in [0.25, 0.3) is 11.1 Å². The maximum Gasteiger partial charge on any atom is 0.146 e. The lowest BCUT2D eigenvalue weighted by atomic mass is 10.0. The Kier molecular flexibility index (Phi) is 2.79. The second-order valence-electron chi connectivity index (χ2n) is 3.33. The summed E-state index contributed by atoms with van der Waals surface area (Å²) in [5.74, 6) is -0.985. The molecule has 2 aromatic carbocycles. The highest BCUT2D eigenvalue weighted by Crippen LogP contribution is 2.33. The first-order chi connectivity index (χ1) is 7.59. The van der Waals surface area contributed by atoms with Gasteiger partial charge in [-0.2, -0.15) is 0 Å². The van der Waals surface area contributed by atoms with Crippen molar-refractivity contribution in [2.24, 2.45) is 0 Å². The van der Waals surface area contributed by atoms with Gasteiger partial charge in [-0.1, -0.05) is 23.7 Å². The molecule has 0 aliphatic rings. The number of benzene rings is 2. The van der Waals surface area contributed by atoms with Gasteiger partial charge in [-0.25, -0.2) is 8.78 Å². The summed E-state index contributed by atoms with van der Waals surface area (Å²) >= 11 is 5.91. The van der Waals surface area contributed by atoms with Crippen LogP contribution in [-0.4, -0.2) is 0 Å². The maximum absolute atomic E-state index is 13.2. The van der Waals surface area contributed by atoms with Crippen LogP contribution in [0, 0.1) is 11.6 Å². The van der Waals surface area contributed by atoms with Crippen LogP contribution in [0.1, 0.15) is 0 Å². The van der Waals surface area contributed by atoms with E-state index in [0.29, 0.717) is 16.1 Å². The average molecular weight is 240 g/mol. The van der Waals surface area contributed by atoms with Gasteiger partial charge in [0.15, 0.2) is 0 Å². The number of nitrogens with two attached hydrogens (primary N) is 1. The van der Waals surface area contributed by atoms with Crippen LogP contribution < -0.4 is 5.73 Å². The van der Waals surface area contributed by atoms with Gasteiger partial charge in [0, 0.05) is 16.1 Å². The molecule has 0 spiro atoms. The normalized spacial score (nSPS) is 10.4. The van der Waals surface area contributed by atoms with Gasteiger partial charge in [0.25, 0.3) is 0 Å². The summed E-state index contributed by atoms with van der Waals surface area (Å²) in [7, 11) is 0. The molecule has 82 valence electrons. The Morgan fingerprint density at radius 3 is 2.50 bits per heavy atom. The monoisotopic (exact) mass is 239 g/mol. The fraction of sp³-hybridized carbons (Fsp3) is 0. The van der Waals surface area contributed by atoms with Gasteiger partial charge in [0.2, 0.25) is 0 Å². The van der Waals surface area contributed by atoms with E-state index in [1.165, 1.54) is 30.3 Å². The summed E-state index contributed by atoms with van der Waals surface area (Å²) in [5, 5.41) is 0.332. The van der Waals surface area contributed by atoms with E-state index in [9.17, 15) is 8.78 Å². The first-order valence-electron chi connectivity index (χ1n) is 4.59. The van der Waals surface area contributed by atoms with Gasteiger partial charge in [-0.05, 0) is 24.3 Å². The van der Waals surface area contributed by atoms with Gasteiger partial charge in [0.1, 0.15) is 11.6 Å². The molecule has 4 heteroatoms. The van der Waals surface area contributed by atoms with Crippen LogP contribution in [0.4, 0.5) is 14.5 Å². The van der Waals surface area contributed by atoms with Crippen LogP contribution in [-0.2, 0) is 0 Å². The summed E-state index contributed by atoms with van der Waals surface area (Å²) < 4.78 is 26.3. The molecule has 0 aliphatic carbocycles. The Morgan fingerprint density at radius 1 is 1.00 bits per heavy atom. The van der Waals surface area contributed by atoms with E-state index in [1.54, 1.807) is 6.07 Å². The zero-order valence-corrected chi connectivity index (χ0v) is 8.93. The standard InChI is InChI=1S/C12H8ClF2N/c13-10-5-4-7(14)6-9(10)8-2-1-3-11(15)12(8)16/h1-6H,16H2. The molecule has 2 rings (SSSR count). The topological polar surface area (TPSA) is 26.0 Å². The summed E-state index contributed by atoms with van der Waals surface area (Å²) in [4.78, 5) is 0. The molecule has 0 radical (unpaired) electrons. The van der Waals surface area contributed by atoms with E-state index in [4.69, 9.17) is 17.3 Å². The lowest BCUT2D eigenvalue weighted by Crippen LogP contribution is -1.94. The molecular weight excluding hydrogens is 232 g/mol. The zero-order valence-electron chi connectivity index (χ0n) is 8.18. The van der Waals surface area contributed by atoms with Gasteiger partial charge < -0.3 is 5.73 Å². The Balaban J connectivity index is 2.67. The first-order valence-corrected chi connectivity index (χ1v) is 4.97. The number of anilines is 1. The Bertz CT molecular complexity index is 541. The Labute approximate surface area is 96.5 Å². The van der Waals surface area contributed by atoms with Crippen molar-refractivity contribution >= 4 is 17.3 Å². The third kappa shape index (κ3) is 1.86. The van der Waals surface area contributed by atoms with Gasteiger partial charge >= 0.3 is 0 Å². The van der Waals surface area contributed by atoms with Crippen molar-refractivity contribution in [3.05, 3.63) is 53.1 Å². The quantitative estimate of drug-likeness (QED) is 0.751. The third-order valence-electron chi connectivity index (χ3n) is 2.27. The van der Waals surface area contributed by atoms with Crippen LogP contribution in [0.3, 0.4) is 0 Å². The number of para-hydroxylation sites is 1. The van der Waals surface area contributed by atoms with Crippen LogP contribution in [0.5, 0.6) is 0 Å². The van der Waals surface area contributed by atoms with E-state index < -0.39 is 11.6 Å². The molecule has 0 unspecified atom stereocenters. The second kappa shape index (κ2) is 4.10. The molecule has 0 fully saturated rings. The molecular formula is C12H8ClF2N. The smallest absolute Gasteiger partial charge is 0.146 e. The molecule has 16 heavy (non-hydrogen) atoms. The largest absolute Gasteiger partial charge is 0.396 e. The molecule has 0 amide bonds. The highest BCUT2D eigenvalue weighted by molar-refractivity contribution is 6.33. The molecule has 0 bridgehead atoms. The fourth-order valence-corrected chi connectivity index (χ4v) is 1.70. The fourth-order valence-electron chi connectivity index (χ4n) is 1.48. The van der Waals surface area contributed by atoms with Crippen LogP contribution >= 0.6 is 11.6 Å². The van der Waals surface area contributed by atoms with Crippen molar-refractivity contribution in [1.82, 2.24) is 0 Å². The minimum absolute atomic E-state index is 0.0324. The molecule has 0 aromatic heterocycles. The molecule has 0 saturated carbocycles. The van der Waals surface area contributed by atoms with E-state index in [0.717, 1.165) is 0 Å². The Morgan fingerprint density at radius 2 is 1.75 bits per heavy atom. The molecule has 0 saturated heterocycles. The van der Waals surface area contributed by atoms with Crippen molar-refractivity contribution in [1.29, 1.82) is 0 Å². The van der Waals surface area contributed by atoms with Gasteiger partial charge in [0.05, 0.1) is 5.69 Å². The van der Waals surface area contributed by atoms with Gasteiger partial charge in [-0.3, -0.25) is 0 Å². The van der Waals surface area contributed by atoms with Crippen LogP contribution in [0.2, 0.25) is 5.02 Å². The highest BCUT2D eigenvalue weighted by atomic mass is 35.5. The van der Waals surface area contributed by atoms with Crippen molar-refractivity contribution in [2.75, 3.05) is 5.73 Å². The van der Waals surface area contributed by atoms with Crippen molar-refractivity contribution < 1.29 is 8.78 Å². The SMILES string of the molecule is Nc1c(F)cccc1-c1cc(F)ccc1Cl. The number of nitrogen functional groups attached to an aromatic ring is 1. The predicted molar refractivity (Wildman–Crippen MR) is 61.2 cm³/mol. The number of hydrogen-bond donors (Lipinski definition) is 1. The average Bonchev–Trinajstić information content (AvgIpc) is 2.26.